The molecule has 0 unspecified atom stereocenters. The van der Waals surface area contributed by atoms with Crippen molar-refractivity contribution in [2.45, 2.75) is 0 Å². The molecule has 0 radical (unpaired) electrons. The van der Waals surface area contributed by atoms with Crippen LogP contribution >= 0.6 is 0 Å². The van der Waals surface area contributed by atoms with Crippen LogP contribution in [0.5, 0.6) is 0 Å². The van der Waals surface area contributed by atoms with E-state index in [1.807, 2.05) is 67.5 Å². The Kier molecular flexibility index (Phi) is 3.57. The van der Waals surface area contributed by atoms with Crippen molar-refractivity contribution in [1.82, 2.24) is 0 Å². The number of benzene rings is 2. The van der Waals surface area contributed by atoms with Gasteiger partial charge in [-0.2, -0.15) is 5.11 Å². The average molecular weight is 240 g/mol. The minimum Gasteiger partial charge on any atom is -0.397 e. The highest BCUT2D eigenvalue weighted by Gasteiger charge is 2.01. The topological polar surface area (TPSA) is 54.0 Å². The smallest absolute Gasteiger partial charge is 0.109 e. The number of nitrogens with zero attached hydrogens (tertiary/aromatic N) is 3. The molecule has 0 fully saturated rings. The van der Waals surface area contributed by atoms with Gasteiger partial charge >= 0.3 is 0 Å². The Morgan fingerprint density at radius 2 is 1.67 bits per heavy atom. The van der Waals surface area contributed by atoms with Crippen molar-refractivity contribution in [1.29, 1.82) is 0 Å². The van der Waals surface area contributed by atoms with Crippen LogP contribution in [0.15, 0.2) is 58.8 Å². The second kappa shape index (κ2) is 5.31. The standard InChI is InChI=1S/C14H16N4/c1-18(2)12-8-9-14(13(15)10-12)17-16-11-6-4-3-5-7-11/h3-10H,15H2,1-2H3. The maximum atomic E-state index is 5.94. The lowest BCUT2D eigenvalue weighted by molar-refractivity contribution is 1.13. The van der Waals surface area contributed by atoms with Gasteiger partial charge in [0.05, 0.1) is 11.4 Å². The van der Waals surface area contributed by atoms with E-state index in [0.717, 1.165) is 11.4 Å². The third kappa shape index (κ3) is 2.85. The number of rotatable bonds is 3. The van der Waals surface area contributed by atoms with Crippen molar-refractivity contribution < 1.29 is 0 Å². The lowest BCUT2D eigenvalue weighted by atomic mass is 10.2. The van der Waals surface area contributed by atoms with E-state index in [-0.39, 0.29) is 0 Å². The van der Waals surface area contributed by atoms with Crippen LogP contribution in [-0.2, 0) is 0 Å². The highest BCUT2D eigenvalue weighted by atomic mass is 15.1. The largest absolute Gasteiger partial charge is 0.397 e. The summed E-state index contributed by atoms with van der Waals surface area (Å²) in [5.41, 5.74) is 9.11. The second-order valence-corrected chi connectivity index (χ2v) is 4.17. The normalized spacial score (nSPS) is 10.8. The fourth-order valence-electron chi connectivity index (χ4n) is 1.52. The van der Waals surface area contributed by atoms with Crippen LogP contribution in [0.1, 0.15) is 0 Å². The fourth-order valence-corrected chi connectivity index (χ4v) is 1.52. The lowest BCUT2D eigenvalue weighted by Crippen LogP contribution is -2.08. The average Bonchev–Trinajstić information content (AvgIpc) is 2.38. The Labute approximate surface area is 107 Å². The van der Waals surface area contributed by atoms with Crippen molar-refractivity contribution in [3.05, 3.63) is 48.5 Å². The SMILES string of the molecule is CN(C)c1ccc(N=Nc2ccccc2)c(N)c1. The highest BCUT2D eigenvalue weighted by Crippen LogP contribution is 2.28. The molecule has 0 spiro atoms. The van der Waals surface area contributed by atoms with Gasteiger partial charge in [0.2, 0.25) is 0 Å². The fraction of sp³-hybridized carbons (Fsp3) is 0.143. The van der Waals surface area contributed by atoms with Crippen molar-refractivity contribution in [2.75, 3.05) is 24.7 Å². The van der Waals surface area contributed by atoms with Crippen LogP contribution in [-0.4, -0.2) is 14.1 Å². The van der Waals surface area contributed by atoms with Gasteiger partial charge in [-0.25, -0.2) is 0 Å². The molecule has 2 aromatic carbocycles. The molecule has 92 valence electrons. The quantitative estimate of drug-likeness (QED) is 0.656. The zero-order valence-corrected chi connectivity index (χ0v) is 10.5. The molecule has 2 rings (SSSR count). The van der Waals surface area contributed by atoms with Crippen LogP contribution in [0.25, 0.3) is 0 Å². The van der Waals surface area contributed by atoms with E-state index < -0.39 is 0 Å². The summed E-state index contributed by atoms with van der Waals surface area (Å²) in [5.74, 6) is 0. The molecule has 2 N–H and O–H groups in total. The summed E-state index contributed by atoms with van der Waals surface area (Å²) in [4.78, 5) is 1.99. The third-order valence-corrected chi connectivity index (χ3v) is 2.56. The van der Waals surface area contributed by atoms with E-state index in [2.05, 4.69) is 10.2 Å². The minimum absolute atomic E-state index is 0.626. The first-order chi connectivity index (χ1) is 8.66. The Morgan fingerprint density at radius 3 is 2.28 bits per heavy atom. The molecule has 0 aliphatic heterocycles. The van der Waals surface area contributed by atoms with Crippen LogP contribution in [0, 0.1) is 0 Å². The molecule has 18 heavy (non-hydrogen) atoms. The third-order valence-electron chi connectivity index (χ3n) is 2.56. The van der Waals surface area contributed by atoms with E-state index >= 15 is 0 Å². The van der Waals surface area contributed by atoms with Gasteiger partial charge in [-0.15, -0.1) is 5.11 Å². The molecule has 0 aliphatic rings. The summed E-state index contributed by atoms with van der Waals surface area (Å²) in [6.45, 7) is 0. The van der Waals surface area contributed by atoms with Gasteiger partial charge in [0.1, 0.15) is 5.69 Å². The van der Waals surface area contributed by atoms with Gasteiger partial charge in [0.15, 0.2) is 0 Å². The molecule has 4 nitrogen and oxygen atoms in total. The summed E-state index contributed by atoms with van der Waals surface area (Å²) < 4.78 is 0. The Hall–Kier alpha value is -2.36. The maximum absolute atomic E-state index is 5.94. The molecule has 0 atom stereocenters. The summed E-state index contributed by atoms with van der Waals surface area (Å²) in [7, 11) is 3.94. The Morgan fingerprint density at radius 1 is 0.944 bits per heavy atom. The molecule has 0 aromatic heterocycles. The summed E-state index contributed by atoms with van der Waals surface area (Å²) >= 11 is 0. The number of hydrogen-bond donors (Lipinski definition) is 1. The number of nitrogens with two attached hydrogens (primary N) is 1. The van der Waals surface area contributed by atoms with Crippen molar-refractivity contribution in [3.63, 3.8) is 0 Å². The molecular formula is C14H16N4. The molecule has 0 aliphatic carbocycles. The number of azo groups is 1. The van der Waals surface area contributed by atoms with E-state index in [9.17, 15) is 0 Å². The molecule has 2 aromatic rings. The maximum Gasteiger partial charge on any atom is 0.109 e. The first-order valence-corrected chi connectivity index (χ1v) is 5.70. The van der Waals surface area contributed by atoms with Crippen molar-refractivity contribution in [3.8, 4) is 0 Å². The zero-order chi connectivity index (χ0) is 13.0. The molecule has 0 saturated heterocycles. The van der Waals surface area contributed by atoms with Crippen LogP contribution in [0.2, 0.25) is 0 Å². The lowest BCUT2D eigenvalue weighted by Gasteiger charge is -2.13. The summed E-state index contributed by atoms with van der Waals surface area (Å²) in [6.07, 6.45) is 0. The van der Waals surface area contributed by atoms with Crippen LogP contribution in [0.3, 0.4) is 0 Å². The van der Waals surface area contributed by atoms with E-state index in [4.69, 9.17) is 5.73 Å². The van der Waals surface area contributed by atoms with Crippen LogP contribution < -0.4 is 10.6 Å². The second-order valence-electron chi connectivity index (χ2n) is 4.17. The van der Waals surface area contributed by atoms with Gasteiger partial charge in [0.25, 0.3) is 0 Å². The molecule has 0 saturated carbocycles. The number of hydrogen-bond acceptors (Lipinski definition) is 4. The Balaban J connectivity index is 2.22. The first-order valence-electron chi connectivity index (χ1n) is 5.70. The molecule has 4 heteroatoms. The molecule has 0 heterocycles. The van der Waals surface area contributed by atoms with Gasteiger partial charge in [0, 0.05) is 19.8 Å². The van der Waals surface area contributed by atoms with Gasteiger partial charge < -0.3 is 10.6 Å². The number of nitrogen functional groups attached to an aromatic ring is 1. The first kappa shape index (κ1) is 12.1. The van der Waals surface area contributed by atoms with Crippen molar-refractivity contribution >= 4 is 22.7 Å². The minimum atomic E-state index is 0.626. The predicted molar refractivity (Wildman–Crippen MR) is 75.8 cm³/mol. The predicted octanol–water partition coefficient (Wildman–Crippen LogP) is 3.75. The molecule has 0 amide bonds. The van der Waals surface area contributed by atoms with Gasteiger partial charge in [-0.1, -0.05) is 18.2 Å². The van der Waals surface area contributed by atoms with E-state index in [0.29, 0.717) is 11.4 Å². The van der Waals surface area contributed by atoms with Crippen molar-refractivity contribution in [2.24, 2.45) is 10.2 Å². The Bertz CT molecular complexity index is 547. The van der Waals surface area contributed by atoms with E-state index in [1.165, 1.54) is 0 Å². The van der Waals surface area contributed by atoms with Gasteiger partial charge in [-0.05, 0) is 30.3 Å². The monoisotopic (exact) mass is 240 g/mol. The number of anilines is 2. The highest BCUT2D eigenvalue weighted by molar-refractivity contribution is 5.69. The zero-order valence-electron chi connectivity index (χ0n) is 10.5. The van der Waals surface area contributed by atoms with Crippen LogP contribution in [0.4, 0.5) is 22.7 Å². The summed E-state index contributed by atoms with van der Waals surface area (Å²) in [6, 6.07) is 15.3. The molecular weight excluding hydrogens is 224 g/mol. The van der Waals surface area contributed by atoms with Gasteiger partial charge in [-0.3, -0.25) is 0 Å². The summed E-state index contributed by atoms with van der Waals surface area (Å²) in [5, 5.41) is 8.30. The molecule has 0 bridgehead atoms. The van der Waals surface area contributed by atoms with E-state index in [1.54, 1.807) is 0 Å².